The van der Waals surface area contributed by atoms with Crippen LogP contribution in [0, 0.1) is 0 Å². The fraction of sp³-hybridized carbons (Fsp3) is 0.154. The number of aromatic amines is 1. The lowest BCUT2D eigenvalue weighted by molar-refractivity contribution is -0.137. The van der Waals surface area contributed by atoms with Crippen molar-refractivity contribution in [2.45, 2.75) is 11.1 Å². The van der Waals surface area contributed by atoms with E-state index in [1.807, 2.05) is 0 Å². The van der Waals surface area contributed by atoms with Crippen LogP contribution < -0.4 is 5.73 Å². The van der Waals surface area contributed by atoms with Gasteiger partial charge in [-0.15, -0.1) is 0 Å². The molecule has 0 spiro atoms. The molecule has 0 aliphatic heterocycles. The Morgan fingerprint density at radius 3 is 2.35 bits per heavy atom. The second kappa shape index (κ2) is 6.56. The Labute approximate surface area is 156 Å². The van der Waals surface area contributed by atoms with Crippen LogP contribution in [0.25, 0.3) is 17.2 Å². The number of nitrogen functional groups attached to an aromatic ring is 1. The van der Waals surface area contributed by atoms with E-state index in [2.05, 4.69) is 20.3 Å². The number of nitrogens with two attached hydrogens (primary N) is 1. The summed E-state index contributed by atoms with van der Waals surface area (Å²) in [6.45, 7) is 0. The first kappa shape index (κ1) is 18.7. The maximum absolute atomic E-state index is 12.9. The fourth-order valence-corrected chi connectivity index (χ4v) is 3.71. The van der Waals surface area contributed by atoms with Gasteiger partial charge in [0.15, 0.2) is 5.82 Å². The summed E-state index contributed by atoms with van der Waals surface area (Å²) in [7, 11) is -1.58. The number of H-pyrrole nitrogens is 1. The van der Waals surface area contributed by atoms with Crippen LogP contribution in [0.15, 0.2) is 23.4 Å². The van der Waals surface area contributed by atoms with E-state index < -0.39 is 22.5 Å². The molecule has 0 aliphatic carbocycles. The zero-order valence-corrected chi connectivity index (χ0v) is 15.1. The first-order valence-electron chi connectivity index (χ1n) is 6.75. The Hall–Kier alpha value is -2.11. The predicted molar refractivity (Wildman–Crippen MR) is 90.7 cm³/mol. The minimum atomic E-state index is -4.62. The molecule has 7 nitrogen and oxygen atoms in total. The van der Waals surface area contributed by atoms with Crippen molar-refractivity contribution in [3.05, 3.63) is 34.1 Å². The van der Waals surface area contributed by atoms with E-state index in [1.165, 1.54) is 12.6 Å². The van der Waals surface area contributed by atoms with Crippen molar-refractivity contribution in [2.24, 2.45) is 0 Å². The lowest BCUT2D eigenvalue weighted by Gasteiger charge is -2.13. The Kier molecular flexibility index (Phi) is 4.71. The molecule has 0 saturated heterocycles. The summed E-state index contributed by atoms with van der Waals surface area (Å²) in [6.07, 6.45) is -2.04. The number of hydrogen-bond donors (Lipinski definition) is 2. The van der Waals surface area contributed by atoms with E-state index in [0.29, 0.717) is 12.1 Å². The normalized spacial score (nSPS) is 13.2. The van der Waals surface area contributed by atoms with Gasteiger partial charge in [-0.3, -0.25) is 9.31 Å². The summed E-state index contributed by atoms with van der Waals surface area (Å²) in [4.78, 5) is 4.04. The van der Waals surface area contributed by atoms with E-state index in [1.54, 1.807) is 0 Å². The summed E-state index contributed by atoms with van der Waals surface area (Å²) < 4.78 is 51.8. The van der Waals surface area contributed by atoms with Crippen molar-refractivity contribution in [3.8, 4) is 17.2 Å². The summed E-state index contributed by atoms with van der Waals surface area (Å²) in [5, 5.41) is 9.77. The molecule has 1 atom stereocenters. The summed E-state index contributed by atoms with van der Waals surface area (Å²) >= 11 is 12.0. The Morgan fingerprint density at radius 2 is 1.88 bits per heavy atom. The van der Waals surface area contributed by atoms with Crippen LogP contribution in [0.5, 0.6) is 0 Å². The number of halogens is 5. The summed E-state index contributed by atoms with van der Waals surface area (Å²) in [6, 6.07) is 1.42. The third kappa shape index (κ3) is 3.17. The molecule has 138 valence electrons. The monoisotopic (exact) mass is 424 g/mol. The highest BCUT2D eigenvalue weighted by Gasteiger charge is 2.33. The zero-order valence-electron chi connectivity index (χ0n) is 12.8. The molecule has 0 aliphatic rings. The van der Waals surface area contributed by atoms with Gasteiger partial charge in [0, 0.05) is 6.26 Å². The lowest BCUT2D eigenvalue weighted by atomic mass is 10.2. The molecule has 1 aromatic carbocycles. The van der Waals surface area contributed by atoms with Crippen molar-refractivity contribution >= 4 is 39.8 Å². The molecular formula is C13H9Cl2F3N6OS. The topological polar surface area (TPSA) is 102 Å². The van der Waals surface area contributed by atoms with E-state index in [4.69, 9.17) is 28.9 Å². The molecule has 2 aromatic heterocycles. The van der Waals surface area contributed by atoms with Gasteiger partial charge in [0.2, 0.25) is 0 Å². The molecule has 0 radical (unpaired) electrons. The second-order valence-electron chi connectivity index (χ2n) is 5.05. The third-order valence-electron chi connectivity index (χ3n) is 3.36. The molecule has 0 bridgehead atoms. The molecule has 13 heteroatoms. The van der Waals surface area contributed by atoms with Gasteiger partial charge in [0.25, 0.3) is 0 Å². The highest BCUT2D eigenvalue weighted by Crippen LogP contribution is 2.39. The van der Waals surface area contributed by atoms with Crippen LogP contribution in [-0.2, 0) is 17.0 Å². The number of nitrogens with one attached hydrogen (secondary N) is 1. The molecule has 3 aromatic rings. The smallest absolute Gasteiger partial charge is 0.383 e. The van der Waals surface area contributed by atoms with Crippen molar-refractivity contribution in [1.29, 1.82) is 0 Å². The van der Waals surface area contributed by atoms with Crippen LogP contribution >= 0.6 is 23.2 Å². The second-order valence-corrected chi connectivity index (χ2v) is 7.18. The minimum absolute atomic E-state index is 0.0729. The Balaban J connectivity index is 2.26. The maximum Gasteiger partial charge on any atom is 0.416 e. The van der Waals surface area contributed by atoms with Crippen molar-refractivity contribution in [1.82, 2.24) is 25.0 Å². The van der Waals surface area contributed by atoms with Gasteiger partial charge in [0.05, 0.1) is 26.4 Å². The number of hydrogen-bond acceptors (Lipinski definition) is 5. The average molecular weight is 425 g/mol. The molecule has 0 fully saturated rings. The van der Waals surface area contributed by atoms with Gasteiger partial charge < -0.3 is 5.73 Å². The van der Waals surface area contributed by atoms with Gasteiger partial charge in [-0.2, -0.15) is 23.4 Å². The van der Waals surface area contributed by atoms with Gasteiger partial charge >= 0.3 is 6.18 Å². The molecule has 2 heterocycles. The van der Waals surface area contributed by atoms with E-state index in [0.717, 1.165) is 4.68 Å². The maximum atomic E-state index is 12.9. The lowest BCUT2D eigenvalue weighted by Crippen LogP contribution is -2.09. The zero-order chi connectivity index (χ0) is 19.2. The van der Waals surface area contributed by atoms with Gasteiger partial charge in [-0.05, 0) is 12.1 Å². The molecule has 0 saturated carbocycles. The van der Waals surface area contributed by atoms with Crippen molar-refractivity contribution in [2.75, 3.05) is 12.0 Å². The third-order valence-corrected chi connectivity index (χ3v) is 4.91. The Morgan fingerprint density at radius 1 is 1.27 bits per heavy atom. The summed E-state index contributed by atoms with van der Waals surface area (Å²) in [5.74, 6) is 0.0839. The number of anilines is 1. The van der Waals surface area contributed by atoms with Gasteiger partial charge in [-0.25, -0.2) is 9.67 Å². The number of aromatic nitrogens is 5. The summed E-state index contributed by atoms with van der Waals surface area (Å²) in [5.41, 5.74) is 5.04. The quantitative estimate of drug-likeness (QED) is 0.671. The van der Waals surface area contributed by atoms with Crippen molar-refractivity contribution in [3.63, 3.8) is 0 Å². The molecular weight excluding hydrogens is 416 g/mol. The molecule has 3 N–H and O–H groups in total. The molecule has 0 amide bonds. The first-order chi connectivity index (χ1) is 12.1. The average Bonchev–Trinajstić information content (AvgIpc) is 3.14. The first-order valence-corrected chi connectivity index (χ1v) is 9.07. The van der Waals surface area contributed by atoms with E-state index in [9.17, 15) is 17.4 Å². The molecule has 26 heavy (non-hydrogen) atoms. The SMILES string of the molecule is CS(=O)c1c(-c2ncn[nH]2)nn(-c2c(Cl)cc(C(F)(F)F)cc2Cl)c1N. The van der Waals surface area contributed by atoms with E-state index >= 15 is 0 Å². The molecule has 1 unspecified atom stereocenters. The van der Waals surface area contributed by atoms with Gasteiger partial charge in [0.1, 0.15) is 28.4 Å². The predicted octanol–water partition coefficient (Wildman–Crippen LogP) is 3.30. The standard InChI is InChI=1S/C13H9Cl2F3N6OS/c1-26(25)10-8(12-20-4-21-22-12)23-24(11(10)19)9-6(14)2-5(3-7(9)15)13(16,17)18/h2-4H,19H2,1H3,(H,20,21,22). The molecule has 3 rings (SSSR count). The number of alkyl halides is 3. The fourth-order valence-electron chi connectivity index (χ4n) is 2.28. The van der Waals surface area contributed by atoms with Crippen LogP contribution in [0.1, 0.15) is 5.56 Å². The van der Waals surface area contributed by atoms with Crippen LogP contribution in [-0.4, -0.2) is 35.4 Å². The number of rotatable bonds is 3. The van der Waals surface area contributed by atoms with Crippen LogP contribution in [0.2, 0.25) is 10.0 Å². The van der Waals surface area contributed by atoms with Gasteiger partial charge in [-0.1, -0.05) is 23.2 Å². The van der Waals surface area contributed by atoms with Crippen LogP contribution in [0.4, 0.5) is 19.0 Å². The van der Waals surface area contributed by atoms with Crippen molar-refractivity contribution < 1.29 is 17.4 Å². The number of benzene rings is 1. The highest BCUT2D eigenvalue weighted by molar-refractivity contribution is 7.84. The number of nitrogens with zero attached hydrogens (tertiary/aromatic N) is 4. The minimum Gasteiger partial charge on any atom is -0.383 e. The Bertz CT molecular complexity index is 979. The van der Waals surface area contributed by atoms with E-state index in [-0.39, 0.29) is 38.0 Å². The largest absolute Gasteiger partial charge is 0.416 e. The highest BCUT2D eigenvalue weighted by atomic mass is 35.5. The van der Waals surface area contributed by atoms with Crippen LogP contribution in [0.3, 0.4) is 0 Å².